The summed E-state index contributed by atoms with van der Waals surface area (Å²) in [5.41, 5.74) is 1.68. The second-order valence-corrected chi connectivity index (χ2v) is 7.23. The molecule has 0 saturated carbocycles. The molecular formula is C17H19NO4S. The first kappa shape index (κ1) is 17.2. The van der Waals surface area contributed by atoms with Crippen LogP contribution in [-0.2, 0) is 14.8 Å². The summed E-state index contributed by atoms with van der Waals surface area (Å²) in [5.74, 6) is -1.19. The highest BCUT2D eigenvalue weighted by Crippen LogP contribution is 2.27. The maximum atomic E-state index is 12.9. The first-order valence-electron chi connectivity index (χ1n) is 7.17. The highest BCUT2D eigenvalue weighted by atomic mass is 32.2. The summed E-state index contributed by atoms with van der Waals surface area (Å²) in [4.78, 5) is 11.3. The molecule has 0 radical (unpaired) electrons. The molecule has 1 atom stereocenters. The van der Waals surface area contributed by atoms with E-state index in [1.54, 1.807) is 43.3 Å². The number of rotatable bonds is 6. The van der Waals surface area contributed by atoms with E-state index in [-0.39, 0.29) is 4.90 Å². The van der Waals surface area contributed by atoms with Gasteiger partial charge in [-0.05, 0) is 31.5 Å². The summed E-state index contributed by atoms with van der Waals surface area (Å²) < 4.78 is 26.7. The fourth-order valence-electron chi connectivity index (χ4n) is 2.31. The van der Waals surface area contributed by atoms with Gasteiger partial charge in [0.2, 0.25) is 10.0 Å². The second-order valence-electron chi connectivity index (χ2n) is 5.34. The summed E-state index contributed by atoms with van der Waals surface area (Å²) >= 11 is 0. The van der Waals surface area contributed by atoms with Crippen LogP contribution in [0, 0.1) is 6.92 Å². The monoisotopic (exact) mass is 333 g/mol. The molecule has 2 rings (SSSR count). The number of sulfonamides is 1. The molecule has 0 aliphatic heterocycles. The molecule has 0 spiro atoms. The molecule has 0 bridgehead atoms. The molecule has 122 valence electrons. The van der Waals surface area contributed by atoms with Gasteiger partial charge in [-0.2, -0.15) is 4.31 Å². The fourth-order valence-corrected chi connectivity index (χ4v) is 3.88. The van der Waals surface area contributed by atoms with Gasteiger partial charge in [0.1, 0.15) is 6.54 Å². The van der Waals surface area contributed by atoms with Crippen LogP contribution in [0.5, 0.6) is 0 Å². The van der Waals surface area contributed by atoms with E-state index in [0.717, 1.165) is 15.4 Å². The van der Waals surface area contributed by atoms with Gasteiger partial charge >= 0.3 is 5.97 Å². The van der Waals surface area contributed by atoms with E-state index in [1.807, 2.05) is 13.0 Å². The van der Waals surface area contributed by atoms with Crippen molar-refractivity contribution in [1.29, 1.82) is 0 Å². The number of hydrogen-bond acceptors (Lipinski definition) is 3. The zero-order valence-corrected chi connectivity index (χ0v) is 13.8. The standard InChI is InChI=1S/C17H19NO4S/c1-13-8-10-16(11-9-13)23(21,22)18(12-17(19)20)14(2)15-6-4-3-5-7-15/h3-11,14H,12H2,1-2H3,(H,19,20). The minimum Gasteiger partial charge on any atom is -0.480 e. The first-order chi connectivity index (χ1) is 10.8. The smallest absolute Gasteiger partial charge is 0.318 e. The Kier molecular flexibility index (Phi) is 5.18. The van der Waals surface area contributed by atoms with Crippen molar-refractivity contribution in [3.63, 3.8) is 0 Å². The first-order valence-corrected chi connectivity index (χ1v) is 8.61. The average molecular weight is 333 g/mol. The molecule has 6 heteroatoms. The van der Waals surface area contributed by atoms with E-state index in [0.29, 0.717) is 0 Å². The van der Waals surface area contributed by atoms with Crippen LogP contribution in [0.1, 0.15) is 24.1 Å². The van der Waals surface area contributed by atoms with Crippen molar-refractivity contribution in [2.45, 2.75) is 24.8 Å². The quantitative estimate of drug-likeness (QED) is 0.882. The van der Waals surface area contributed by atoms with Gasteiger partial charge < -0.3 is 5.11 Å². The van der Waals surface area contributed by atoms with Crippen molar-refractivity contribution in [3.05, 3.63) is 65.7 Å². The largest absolute Gasteiger partial charge is 0.480 e. The maximum Gasteiger partial charge on any atom is 0.318 e. The summed E-state index contributed by atoms with van der Waals surface area (Å²) in [7, 11) is -3.91. The Hall–Kier alpha value is -2.18. The van der Waals surface area contributed by atoms with Crippen LogP contribution in [0.4, 0.5) is 0 Å². The van der Waals surface area contributed by atoms with E-state index in [1.165, 1.54) is 12.1 Å². The lowest BCUT2D eigenvalue weighted by Gasteiger charge is -2.27. The van der Waals surface area contributed by atoms with Crippen LogP contribution in [0.2, 0.25) is 0 Å². The van der Waals surface area contributed by atoms with Crippen molar-refractivity contribution in [1.82, 2.24) is 4.31 Å². The number of carbonyl (C=O) groups is 1. The summed E-state index contributed by atoms with van der Waals surface area (Å²) in [6.45, 7) is 2.95. The van der Waals surface area contributed by atoms with E-state index in [9.17, 15) is 13.2 Å². The Morgan fingerprint density at radius 2 is 1.65 bits per heavy atom. The molecule has 0 fully saturated rings. The van der Waals surface area contributed by atoms with Gasteiger partial charge in [-0.15, -0.1) is 0 Å². The Bertz CT molecular complexity index is 770. The lowest BCUT2D eigenvalue weighted by molar-refractivity contribution is -0.137. The van der Waals surface area contributed by atoms with E-state index >= 15 is 0 Å². The molecule has 0 amide bonds. The van der Waals surface area contributed by atoms with E-state index < -0.39 is 28.6 Å². The Morgan fingerprint density at radius 3 is 2.17 bits per heavy atom. The van der Waals surface area contributed by atoms with Crippen LogP contribution in [0.15, 0.2) is 59.5 Å². The summed E-state index contributed by atoms with van der Waals surface area (Å²) in [6.07, 6.45) is 0. The van der Waals surface area contributed by atoms with E-state index in [4.69, 9.17) is 5.11 Å². The van der Waals surface area contributed by atoms with Crippen molar-refractivity contribution in [2.24, 2.45) is 0 Å². The minimum absolute atomic E-state index is 0.0899. The van der Waals surface area contributed by atoms with E-state index in [2.05, 4.69) is 0 Å². The molecule has 23 heavy (non-hydrogen) atoms. The molecule has 0 aliphatic rings. The predicted octanol–water partition coefficient (Wildman–Crippen LogP) is 2.83. The van der Waals surface area contributed by atoms with Crippen LogP contribution in [0.3, 0.4) is 0 Å². The van der Waals surface area contributed by atoms with Gasteiger partial charge in [0, 0.05) is 6.04 Å². The van der Waals surface area contributed by atoms with Gasteiger partial charge in [0.05, 0.1) is 4.90 Å². The fraction of sp³-hybridized carbons (Fsp3) is 0.235. The van der Waals surface area contributed by atoms with Crippen molar-refractivity contribution in [2.75, 3.05) is 6.54 Å². The third-order valence-electron chi connectivity index (χ3n) is 3.63. The number of hydrogen-bond donors (Lipinski definition) is 1. The van der Waals surface area contributed by atoms with Crippen LogP contribution < -0.4 is 0 Å². The average Bonchev–Trinajstić information content (AvgIpc) is 2.53. The zero-order valence-electron chi connectivity index (χ0n) is 13.0. The molecule has 0 saturated heterocycles. The number of aliphatic carboxylic acids is 1. The van der Waals surface area contributed by atoms with Crippen LogP contribution >= 0.6 is 0 Å². The van der Waals surface area contributed by atoms with Crippen molar-refractivity contribution in [3.8, 4) is 0 Å². The van der Waals surface area contributed by atoms with Crippen LogP contribution in [0.25, 0.3) is 0 Å². The van der Waals surface area contributed by atoms with Crippen molar-refractivity contribution < 1.29 is 18.3 Å². The maximum absolute atomic E-state index is 12.9. The molecule has 1 unspecified atom stereocenters. The topological polar surface area (TPSA) is 74.7 Å². The van der Waals surface area contributed by atoms with Crippen LogP contribution in [-0.4, -0.2) is 30.3 Å². The van der Waals surface area contributed by atoms with Gasteiger partial charge in [-0.3, -0.25) is 4.79 Å². The third-order valence-corrected chi connectivity index (χ3v) is 5.56. The minimum atomic E-state index is -3.91. The molecular weight excluding hydrogens is 314 g/mol. The second kappa shape index (κ2) is 6.93. The number of nitrogens with zero attached hydrogens (tertiary/aromatic N) is 1. The number of carboxylic acid groups (broad SMARTS) is 1. The Balaban J connectivity index is 2.45. The molecule has 0 aliphatic carbocycles. The molecule has 2 aromatic rings. The Labute approximate surface area is 136 Å². The lowest BCUT2D eigenvalue weighted by atomic mass is 10.1. The number of aryl methyl sites for hydroxylation is 1. The summed E-state index contributed by atoms with van der Waals surface area (Å²) in [5, 5.41) is 9.13. The van der Waals surface area contributed by atoms with Crippen molar-refractivity contribution >= 4 is 16.0 Å². The predicted molar refractivity (Wildman–Crippen MR) is 87.6 cm³/mol. The molecule has 5 nitrogen and oxygen atoms in total. The SMILES string of the molecule is Cc1ccc(S(=O)(=O)N(CC(=O)O)C(C)c2ccccc2)cc1. The summed E-state index contributed by atoms with van der Waals surface area (Å²) in [6, 6.07) is 14.8. The third kappa shape index (κ3) is 3.97. The molecule has 1 N–H and O–H groups in total. The zero-order chi connectivity index (χ0) is 17.0. The van der Waals surface area contributed by atoms with Gasteiger partial charge in [-0.25, -0.2) is 8.42 Å². The highest BCUT2D eigenvalue weighted by molar-refractivity contribution is 7.89. The van der Waals surface area contributed by atoms with Gasteiger partial charge in [0.15, 0.2) is 0 Å². The number of carboxylic acids is 1. The number of benzene rings is 2. The Morgan fingerprint density at radius 1 is 1.09 bits per heavy atom. The van der Waals surface area contributed by atoms with Gasteiger partial charge in [0.25, 0.3) is 0 Å². The highest BCUT2D eigenvalue weighted by Gasteiger charge is 2.31. The molecule has 0 heterocycles. The van der Waals surface area contributed by atoms with Gasteiger partial charge in [-0.1, -0.05) is 48.0 Å². The molecule has 0 aromatic heterocycles. The lowest BCUT2D eigenvalue weighted by Crippen LogP contribution is -2.37. The normalized spacial score (nSPS) is 13.0. The molecule has 2 aromatic carbocycles.